The molecule has 1 saturated heterocycles. The predicted octanol–water partition coefficient (Wildman–Crippen LogP) is 1.10. The van der Waals surface area contributed by atoms with Gasteiger partial charge >= 0.3 is 0 Å². The Hall–Kier alpha value is -0.590. The molecule has 1 unspecified atom stereocenters. The molecule has 1 aliphatic rings. The molecule has 0 aromatic carbocycles. The molecule has 0 bridgehead atoms. The number of rotatable bonds is 3. The highest BCUT2D eigenvalue weighted by atomic mass is 15.2. The predicted molar refractivity (Wildman–Crippen MR) is 53.1 cm³/mol. The third-order valence-electron chi connectivity index (χ3n) is 2.89. The van der Waals surface area contributed by atoms with Crippen molar-refractivity contribution in [3.05, 3.63) is 0 Å². The summed E-state index contributed by atoms with van der Waals surface area (Å²) in [5.74, 6) is 0. The number of nitriles is 1. The fraction of sp³-hybridized carbons (Fsp3) is 0.900. The van der Waals surface area contributed by atoms with E-state index in [0.29, 0.717) is 18.5 Å². The molecule has 0 radical (unpaired) electrons. The van der Waals surface area contributed by atoms with Crippen LogP contribution in [0.15, 0.2) is 0 Å². The third-order valence-corrected chi connectivity index (χ3v) is 2.89. The number of nitrogens with zero attached hydrogens (tertiary/aromatic N) is 2. The van der Waals surface area contributed by atoms with Crippen LogP contribution in [0.3, 0.4) is 0 Å². The molecule has 1 rings (SSSR count). The smallest absolute Gasteiger partial charge is 0.0638 e. The highest BCUT2D eigenvalue weighted by Gasteiger charge is 2.21. The zero-order valence-corrected chi connectivity index (χ0v) is 8.37. The van der Waals surface area contributed by atoms with Crippen LogP contribution in [0.1, 0.15) is 32.6 Å². The lowest BCUT2D eigenvalue weighted by atomic mass is 10.0. The van der Waals surface area contributed by atoms with Gasteiger partial charge in [0.2, 0.25) is 0 Å². The summed E-state index contributed by atoms with van der Waals surface area (Å²) < 4.78 is 0. The Kier molecular flexibility index (Phi) is 4.20. The zero-order valence-electron chi connectivity index (χ0n) is 8.37. The topological polar surface area (TPSA) is 53.0 Å². The number of hydrogen-bond acceptors (Lipinski definition) is 3. The summed E-state index contributed by atoms with van der Waals surface area (Å²) in [6.07, 6.45) is 3.90. The summed E-state index contributed by atoms with van der Waals surface area (Å²) in [5, 5.41) is 8.65. The van der Waals surface area contributed by atoms with Crippen LogP contribution in [-0.4, -0.2) is 30.1 Å². The van der Waals surface area contributed by atoms with Gasteiger partial charge in [0.25, 0.3) is 0 Å². The Morgan fingerprint density at radius 2 is 2.15 bits per heavy atom. The molecule has 1 heterocycles. The first-order valence-electron chi connectivity index (χ1n) is 5.14. The standard InChI is InChI=1S/C10H19N3/c1-2-10(3-6-11)13-7-4-9(12)5-8-13/h9-10H,2-5,7-8,12H2,1H3. The first-order chi connectivity index (χ1) is 6.27. The molecule has 0 aliphatic carbocycles. The average Bonchev–Trinajstić information content (AvgIpc) is 2.16. The van der Waals surface area contributed by atoms with Gasteiger partial charge in [0, 0.05) is 12.1 Å². The third kappa shape index (κ3) is 2.98. The summed E-state index contributed by atoms with van der Waals surface area (Å²) in [7, 11) is 0. The second kappa shape index (κ2) is 5.21. The monoisotopic (exact) mass is 181 g/mol. The normalized spacial score (nSPS) is 22.5. The van der Waals surface area contributed by atoms with Crippen LogP contribution < -0.4 is 5.73 Å². The molecule has 74 valence electrons. The largest absolute Gasteiger partial charge is 0.328 e. The maximum Gasteiger partial charge on any atom is 0.0638 e. The van der Waals surface area contributed by atoms with Crippen LogP contribution in [0.2, 0.25) is 0 Å². The summed E-state index contributed by atoms with van der Waals surface area (Å²) in [5.41, 5.74) is 5.82. The first kappa shape index (κ1) is 10.5. The summed E-state index contributed by atoms with van der Waals surface area (Å²) in [6, 6.07) is 3.10. The molecule has 0 aromatic heterocycles. The Balaban J connectivity index is 2.37. The number of hydrogen-bond donors (Lipinski definition) is 1. The fourth-order valence-corrected chi connectivity index (χ4v) is 1.92. The Bertz CT molecular complexity index is 177. The van der Waals surface area contributed by atoms with Crippen LogP contribution >= 0.6 is 0 Å². The van der Waals surface area contributed by atoms with Gasteiger partial charge < -0.3 is 5.73 Å². The maximum absolute atomic E-state index is 8.65. The number of nitrogens with two attached hydrogens (primary N) is 1. The van der Waals surface area contributed by atoms with Crippen molar-refractivity contribution in [2.45, 2.75) is 44.7 Å². The molecule has 1 aliphatic heterocycles. The molecule has 0 saturated carbocycles. The lowest BCUT2D eigenvalue weighted by Gasteiger charge is -2.35. The van der Waals surface area contributed by atoms with Gasteiger partial charge in [0.1, 0.15) is 0 Å². The molecule has 0 aromatic rings. The van der Waals surface area contributed by atoms with Crippen molar-refractivity contribution in [2.24, 2.45) is 5.73 Å². The lowest BCUT2D eigenvalue weighted by molar-refractivity contribution is 0.150. The van der Waals surface area contributed by atoms with Crippen molar-refractivity contribution in [3.63, 3.8) is 0 Å². The van der Waals surface area contributed by atoms with Gasteiger partial charge in [0.15, 0.2) is 0 Å². The van der Waals surface area contributed by atoms with E-state index in [1.54, 1.807) is 0 Å². The van der Waals surface area contributed by atoms with Crippen LogP contribution in [0, 0.1) is 11.3 Å². The van der Waals surface area contributed by atoms with Crippen LogP contribution in [0.4, 0.5) is 0 Å². The molecule has 1 fully saturated rings. The zero-order chi connectivity index (χ0) is 9.68. The van der Waals surface area contributed by atoms with E-state index in [-0.39, 0.29) is 0 Å². The maximum atomic E-state index is 8.65. The second-order valence-corrected chi connectivity index (χ2v) is 3.80. The molecule has 2 N–H and O–H groups in total. The summed E-state index contributed by atoms with van der Waals surface area (Å²) >= 11 is 0. The minimum Gasteiger partial charge on any atom is -0.328 e. The Morgan fingerprint density at radius 1 is 1.54 bits per heavy atom. The SMILES string of the molecule is CCC(CC#N)N1CCC(N)CC1. The summed E-state index contributed by atoms with van der Waals surface area (Å²) in [6.45, 7) is 4.29. The Labute approximate surface area is 80.5 Å². The van der Waals surface area contributed by atoms with Crippen molar-refractivity contribution in [2.75, 3.05) is 13.1 Å². The molecule has 3 heteroatoms. The highest BCUT2D eigenvalue weighted by molar-refractivity contribution is 4.85. The molecular formula is C10H19N3. The van der Waals surface area contributed by atoms with E-state index in [4.69, 9.17) is 11.0 Å². The summed E-state index contributed by atoms with van der Waals surface area (Å²) in [4.78, 5) is 2.41. The van der Waals surface area contributed by atoms with Gasteiger partial charge in [-0.1, -0.05) is 6.92 Å². The van der Waals surface area contributed by atoms with E-state index >= 15 is 0 Å². The van der Waals surface area contributed by atoms with Crippen molar-refractivity contribution in [1.82, 2.24) is 4.90 Å². The van der Waals surface area contributed by atoms with Crippen molar-refractivity contribution in [1.29, 1.82) is 5.26 Å². The van der Waals surface area contributed by atoms with Gasteiger partial charge in [-0.3, -0.25) is 4.90 Å². The van der Waals surface area contributed by atoms with Crippen molar-refractivity contribution < 1.29 is 0 Å². The fourth-order valence-electron chi connectivity index (χ4n) is 1.92. The minimum atomic E-state index is 0.385. The molecule has 13 heavy (non-hydrogen) atoms. The van der Waals surface area contributed by atoms with E-state index < -0.39 is 0 Å². The number of piperidine rings is 1. The molecule has 0 spiro atoms. The van der Waals surface area contributed by atoms with Crippen molar-refractivity contribution in [3.8, 4) is 6.07 Å². The van der Waals surface area contributed by atoms with Gasteiger partial charge in [-0.15, -0.1) is 0 Å². The first-order valence-corrected chi connectivity index (χ1v) is 5.14. The van der Waals surface area contributed by atoms with Gasteiger partial charge in [-0.2, -0.15) is 5.26 Å². The van der Waals surface area contributed by atoms with Crippen LogP contribution in [0.5, 0.6) is 0 Å². The quantitative estimate of drug-likeness (QED) is 0.709. The molecule has 1 atom stereocenters. The highest BCUT2D eigenvalue weighted by Crippen LogP contribution is 2.15. The van der Waals surface area contributed by atoms with E-state index in [9.17, 15) is 0 Å². The van der Waals surface area contributed by atoms with Gasteiger partial charge in [-0.25, -0.2) is 0 Å². The second-order valence-electron chi connectivity index (χ2n) is 3.80. The molecule has 3 nitrogen and oxygen atoms in total. The molecule has 0 amide bonds. The van der Waals surface area contributed by atoms with Gasteiger partial charge in [-0.05, 0) is 32.4 Å². The van der Waals surface area contributed by atoms with E-state index in [0.717, 1.165) is 32.4 Å². The lowest BCUT2D eigenvalue weighted by Crippen LogP contribution is -2.44. The van der Waals surface area contributed by atoms with E-state index in [1.807, 2.05) is 0 Å². The van der Waals surface area contributed by atoms with Crippen molar-refractivity contribution >= 4 is 0 Å². The van der Waals surface area contributed by atoms with Crippen LogP contribution in [-0.2, 0) is 0 Å². The number of likely N-dealkylation sites (tertiary alicyclic amines) is 1. The van der Waals surface area contributed by atoms with Gasteiger partial charge in [0.05, 0.1) is 12.5 Å². The molecular weight excluding hydrogens is 162 g/mol. The van der Waals surface area contributed by atoms with E-state index in [1.165, 1.54) is 0 Å². The van der Waals surface area contributed by atoms with E-state index in [2.05, 4.69) is 17.9 Å². The van der Waals surface area contributed by atoms with Crippen LogP contribution in [0.25, 0.3) is 0 Å². The average molecular weight is 181 g/mol. The minimum absolute atomic E-state index is 0.385. The Morgan fingerprint density at radius 3 is 2.62 bits per heavy atom.